The van der Waals surface area contributed by atoms with Crippen molar-refractivity contribution in [2.75, 3.05) is 0 Å². The van der Waals surface area contributed by atoms with E-state index in [4.69, 9.17) is 0 Å². The Bertz CT molecular complexity index is 955. The molecule has 9 aliphatic carbocycles. The first kappa shape index (κ1) is 15.3. The van der Waals surface area contributed by atoms with E-state index in [9.17, 15) is 0 Å². The SMILES string of the molecule is CC#Cc1cccc(C#CC23CC4C5CC6(C)CC47CC(C6)(C5C2)C7C3)c1. The van der Waals surface area contributed by atoms with Crippen LogP contribution in [0.25, 0.3) is 0 Å². The minimum Gasteiger partial charge on any atom is -0.101 e. The molecule has 4 atom stereocenters. The fraction of sp³-hybridized carbons (Fsp3) is 0.630. The molecule has 0 nitrogen and oxygen atoms in total. The van der Waals surface area contributed by atoms with Crippen LogP contribution in [-0.4, -0.2) is 0 Å². The lowest BCUT2D eigenvalue weighted by Gasteiger charge is -2.90. The molecule has 0 aromatic heterocycles. The maximum Gasteiger partial charge on any atom is 0.0327 e. The first-order chi connectivity index (χ1) is 13.0. The van der Waals surface area contributed by atoms with E-state index < -0.39 is 0 Å². The number of rotatable bonds is 0. The predicted octanol–water partition coefficient (Wildman–Crippen LogP) is 5.65. The van der Waals surface area contributed by atoms with Gasteiger partial charge in [0.1, 0.15) is 0 Å². The summed E-state index contributed by atoms with van der Waals surface area (Å²) in [4.78, 5) is 0. The lowest BCUT2D eigenvalue weighted by atomic mass is 9.14. The molecule has 9 fully saturated rings. The van der Waals surface area contributed by atoms with Gasteiger partial charge in [-0.05, 0) is 110 Å². The molecule has 1 aromatic rings. The molecule has 0 radical (unpaired) electrons. The Morgan fingerprint density at radius 3 is 2.30 bits per heavy atom. The van der Waals surface area contributed by atoms with E-state index in [1.54, 1.807) is 25.7 Å². The van der Waals surface area contributed by atoms with Gasteiger partial charge in [0.05, 0.1) is 0 Å². The summed E-state index contributed by atoms with van der Waals surface area (Å²) in [6.45, 7) is 4.54. The maximum atomic E-state index is 3.89. The van der Waals surface area contributed by atoms with Gasteiger partial charge in [0.15, 0.2) is 0 Å². The fourth-order valence-electron chi connectivity index (χ4n) is 10.3. The van der Waals surface area contributed by atoms with Crippen molar-refractivity contribution in [1.82, 2.24) is 0 Å². The number of benzene rings is 1. The summed E-state index contributed by atoms with van der Waals surface area (Å²) in [6, 6.07) is 8.53. The van der Waals surface area contributed by atoms with Crippen LogP contribution in [0.1, 0.15) is 69.9 Å². The quantitative estimate of drug-likeness (QED) is 0.529. The summed E-state index contributed by atoms with van der Waals surface area (Å²) in [7, 11) is 0. The first-order valence-corrected chi connectivity index (χ1v) is 11.1. The Morgan fingerprint density at radius 1 is 0.889 bits per heavy atom. The summed E-state index contributed by atoms with van der Waals surface area (Å²) < 4.78 is 0. The third kappa shape index (κ3) is 1.59. The highest BCUT2D eigenvalue weighted by Crippen LogP contribution is 2.93. The molecule has 8 bridgehead atoms. The molecule has 0 heteroatoms. The second-order valence-electron chi connectivity index (χ2n) is 11.5. The van der Waals surface area contributed by atoms with Crippen LogP contribution < -0.4 is 0 Å². The van der Waals surface area contributed by atoms with Crippen molar-refractivity contribution >= 4 is 0 Å². The van der Waals surface area contributed by atoms with Crippen LogP contribution in [0.5, 0.6) is 0 Å². The largest absolute Gasteiger partial charge is 0.101 e. The third-order valence-electron chi connectivity index (χ3n) is 10.2. The summed E-state index contributed by atoms with van der Waals surface area (Å²) in [5.41, 5.74) is 4.81. The van der Waals surface area contributed by atoms with E-state index >= 15 is 0 Å². The van der Waals surface area contributed by atoms with Gasteiger partial charge in [0.2, 0.25) is 0 Å². The highest BCUT2D eigenvalue weighted by atomic mass is 14.9. The van der Waals surface area contributed by atoms with Crippen molar-refractivity contribution in [3.8, 4) is 23.7 Å². The molecule has 10 rings (SSSR count). The lowest BCUT2D eigenvalue weighted by Crippen LogP contribution is -2.83. The average Bonchev–Trinajstić information content (AvgIpc) is 2.63. The number of hydrogen-bond acceptors (Lipinski definition) is 0. The molecule has 4 unspecified atom stereocenters. The van der Waals surface area contributed by atoms with Gasteiger partial charge in [0.25, 0.3) is 0 Å². The monoisotopic (exact) mass is 352 g/mol. The van der Waals surface area contributed by atoms with E-state index in [-0.39, 0.29) is 0 Å². The molecular formula is C27H28. The highest BCUT2D eigenvalue weighted by molar-refractivity contribution is 5.45. The van der Waals surface area contributed by atoms with Crippen LogP contribution in [0, 0.1) is 69.0 Å². The first-order valence-electron chi connectivity index (χ1n) is 11.1. The molecule has 9 aliphatic rings. The summed E-state index contributed by atoms with van der Waals surface area (Å²) in [6.07, 6.45) is 10.5. The minimum absolute atomic E-state index is 0.335. The second kappa shape index (κ2) is 4.33. The van der Waals surface area contributed by atoms with Gasteiger partial charge in [-0.15, -0.1) is 5.92 Å². The molecule has 9 saturated carbocycles. The van der Waals surface area contributed by atoms with Crippen LogP contribution >= 0.6 is 0 Å². The van der Waals surface area contributed by atoms with Crippen molar-refractivity contribution in [2.45, 2.75) is 58.8 Å². The summed E-state index contributed by atoms with van der Waals surface area (Å²) >= 11 is 0. The molecule has 0 saturated heterocycles. The molecule has 0 heterocycles. The topological polar surface area (TPSA) is 0 Å². The Morgan fingerprint density at radius 2 is 1.59 bits per heavy atom. The Kier molecular flexibility index (Phi) is 2.45. The lowest BCUT2D eigenvalue weighted by molar-refractivity contribution is -0.412. The summed E-state index contributed by atoms with van der Waals surface area (Å²) in [5, 5.41) is 0. The van der Waals surface area contributed by atoms with Crippen LogP contribution in [-0.2, 0) is 0 Å². The smallest absolute Gasteiger partial charge is 0.0327 e. The van der Waals surface area contributed by atoms with Gasteiger partial charge >= 0.3 is 0 Å². The Balaban J connectivity index is 1.27. The zero-order valence-electron chi connectivity index (χ0n) is 16.6. The van der Waals surface area contributed by atoms with E-state index in [2.05, 4.69) is 54.9 Å². The average molecular weight is 353 g/mol. The van der Waals surface area contributed by atoms with E-state index in [1.807, 2.05) is 6.92 Å². The number of hydrogen-bond donors (Lipinski definition) is 0. The summed E-state index contributed by atoms with van der Waals surface area (Å²) in [5.74, 6) is 17.8. The van der Waals surface area contributed by atoms with E-state index in [0.29, 0.717) is 10.8 Å². The van der Waals surface area contributed by atoms with Crippen LogP contribution in [0.2, 0.25) is 0 Å². The zero-order chi connectivity index (χ0) is 18.1. The molecular weight excluding hydrogens is 324 g/mol. The van der Waals surface area contributed by atoms with Crippen LogP contribution in [0.15, 0.2) is 24.3 Å². The van der Waals surface area contributed by atoms with Gasteiger partial charge < -0.3 is 0 Å². The Labute approximate surface area is 163 Å². The fourth-order valence-corrected chi connectivity index (χ4v) is 10.3. The molecule has 0 aliphatic heterocycles. The van der Waals surface area contributed by atoms with Gasteiger partial charge in [-0.1, -0.05) is 30.8 Å². The third-order valence-corrected chi connectivity index (χ3v) is 10.2. The van der Waals surface area contributed by atoms with Crippen molar-refractivity contribution in [1.29, 1.82) is 0 Å². The van der Waals surface area contributed by atoms with Crippen molar-refractivity contribution < 1.29 is 0 Å². The zero-order valence-corrected chi connectivity index (χ0v) is 16.6. The second-order valence-corrected chi connectivity index (χ2v) is 11.5. The van der Waals surface area contributed by atoms with Gasteiger partial charge in [-0.25, -0.2) is 0 Å². The van der Waals surface area contributed by atoms with Gasteiger partial charge in [-0.3, -0.25) is 0 Å². The van der Waals surface area contributed by atoms with Gasteiger partial charge in [0, 0.05) is 16.5 Å². The van der Waals surface area contributed by atoms with E-state index in [1.165, 1.54) is 19.3 Å². The van der Waals surface area contributed by atoms with Crippen LogP contribution in [0.3, 0.4) is 0 Å². The molecule has 27 heavy (non-hydrogen) atoms. The molecule has 1 aromatic carbocycles. The highest BCUT2D eigenvalue weighted by Gasteiger charge is 2.86. The molecule has 2 spiro atoms. The normalized spacial score (nSPS) is 54.0. The maximum absolute atomic E-state index is 3.89. The van der Waals surface area contributed by atoms with Crippen molar-refractivity contribution in [3.05, 3.63) is 35.4 Å². The molecule has 136 valence electrons. The van der Waals surface area contributed by atoms with Crippen molar-refractivity contribution in [2.24, 2.45) is 45.3 Å². The molecule has 0 amide bonds. The van der Waals surface area contributed by atoms with Crippen molar-refractivity contribution in [3.63, 3.8) is 0 Å². The van der Waals surface area contributed by atoms with E-state index in [0.717, 1.165) is 45.6 Å². The molecule has 0 N–H and O–H groups in total. The Hall–Kier alpha value is -1.66. The standard InChI is InChI=1S/C27H28/c1-3-5-18-6-4-7-19(10-18)8-9-25-12-21-20-11-24(2)15-26(21)17-27(16-24,22(20)13-25)23(26)14-25/h4,6-7,10,20-23H,11-17H2,1-2H3. The minimum atomic E-state index is 0.335. The van der Waals surface area contributed by atoms with Crippen LogP contribution in [0.4, 0.5) is 0 Å². The predicted molar refractivity (Wildman–Crippen MR) is 108 cm³/mol. The van der Waals surface area contributed by atoms with Gasteiger partial charge in [-0.2, -0.15) is 0 Å².